The Labute approximate surface area is 126 Å². The lowest BCUT2D eigenvalue weighted by Gasteiger charge is -2.56. The summed E-state index contributed by atoms with van der Waals surface area (Å²) in [6, 6.07) is 1.94. The van der Waals surface area contributed by atoms with Crippen LogP contribution in [-0.2, 0) is 11.3 Å². The molecule has 0 saturated heterocycles. The number of carbonyl (C=O) groups excluding carboxylic acids is 1. The van der Waals surface area contributed by atoms with E-state index < -0.39 is 0 Å². The fourth-order valence-electron chi connectivity index (χ4n) is 5.55. The van der Waals surface area contributed by atoms with E-state index in [-0.39, 0.29) is 5.91 Å². The molecule has 21 heavy (non-hydrogen) atoms. The standard InChI is InChI=1S/C17H25N3O/c1-12-2-3-19-20(12)10-16(21)18-11-17-7-13-4-14(8-17)6-15(5-13)9-17/h2-3,13-15H,4-11H2,1H3,(H,18,21). The highest BCUT2D eigenvalue weighted by Crippen LogP contribution is 2.59. The summed E-state index contributed by atoms with van der Waals surface area (Å²) in [6.45, 7) is 3.22. The highest BCUT2D eigenvalue weighted by atomic mass is 16.2. The van der Waals surface area contributed by atoms with Crippen LogP contribution in [-0.4, -0.2) is 22.2 Å². The number of carbonyl (C=O) groups is 1. The summed E-state index contributed by atoms with van der Waals surface area (Å²) < 4.78 is 1.77. The number of nitrogens with zero attached hydrogens (tertiary/aromatic N) is 2. The van der Waals surface area contributed by atoms with Gasteiger partial charge in [-0.1, -0.05) is 0 Å². The molecule has 5 rings (SSSR count). The van der Waals surface area contributed by atoms with Crippen LogP contribution in [0, 0.1) is 30.1 Å². The molecule has 4 heteroatoms. The number of hydrogen-bond acceptors (Lipinski definition) is 2. The van der Waals surface area contributed by atoms with Crippen molar-refractivity contribution in [2.24, 2.45) is 23.2 Å². The Bertz CT molecular complexity index is 513. The van der Waals surface area contributed by atoms with Crippen molar-refractivity contribution in [3.63, 3.8) is 0 Å². The van der Waals surface area contributed by atoms with Crippen molar-refractivity contribution in [3.8, 4) is 0 Å². The molecule has 4 fully saturated rings. The minimum atomic E-state index is 0.109. The number of amides is 1. The van der Waals surface area contributed by atoms with E-state index in [0.29, 0.717) is 12.0 Å². The monoisotopic (exact) mass is 287 g/mol. The second-order valence-corrected chi connectivity index (χ2v) is 7.82. The minimum Gasteiger partial charge on any atom is -0.354 e. The normalized spacial score (nSPS) is 36.9. The van der Waals surface area contributed by atoms with E-state index in [2.05, 4.69) is 10.4 Å². The maximum absolute atomic E-state index is 12.2. The number of nitrogens with one attached hydrogen (secondary N) is 1. The van der Waals surface area contributed by atoms with Gasteiger partial charge in [0.1, 0.15) is 6.54 Å². The van der Waals surface area contributed by atoms with Crippen LogP contribution in [0.5, 0.6) is 0 Å². The van der Waals surface area contributed by atoms with E-state index in [1.165, 1.54) is 38.5 Å². The van der Waals surface area contributed by atoms with Crippen molar-refractivity contribution in [1.82, 2.24) is 15.1 Å². The maximum Gasteiger partial charge on any atom is 0.241 e. The zero-order valence-electron chi connectivity index (χ0n) is 12.8. The van der Waals surface area contributed by atoms with Gasteiger partial charge in [0.25, 0.3) is 0 Å². The molecule has 1 heterocycles. The second kappa shape index (κ2) is 4.85. The highest BCUT2D eigenvalue weighted by molar-refractivity contribution is 5.75. The van der Waals surface area contributed by atoms with E-state index in [1.54, 1.807) is 10.9 Å². The first-order valence-electron chi connectivity index (χ1n) is 8.37. The smallest absolute Gasteiger partial charge is 0.241 e. The molecule has 4 aliphatic rings. The molecule has 1 aromatic rings. The summed E-state index contributed by atoms with van der Waals surface area (Å²) >= 11 is 0. The van der Waals surface area contributed by atoms with Gasteiger partial charge < -0.3 is 5.32 Å². The third kappa shape index (κ3) is 2.49. The first-order valence-corrected chi connectivity index (χ1v) is 8.37. The molecule has 0 aromatic carbocycles. The summed E-state index contributed by atoms with van der Waals surface area (Å²) in [5.74, 6) is 2.95. The molecule has 1 amide bonds. The highest BCUT2D eigenvalue weighted by Gasteiger charge is 2.50. The largest absolute Gasteiger partial charge is 0.354 e. The van der Waals surface area contributed by atoms with E-state index in [4.69, 9.17) is 0 Å². The van der Waals surface area contributed by atoms with E-state index in [1.807, 2.05) is 13.0 Å². The molecule has 1 aromatic heterocycles. The Kier molecular flexibility index (Phi) is 3.09. The molecule has 1 N–H and O–H groups in total. The third-order valence-electron chi connectivity index (χ3n) is 6.05. The van der Waals surface area contributed by atoms with Gasteiger partial charge in [0.05, 0.1) is 0 Å². The van der Waals surface area contributed by atoms with Gasteiger partial charge in [0.2, 0.25) is 5.91 Å². The Morgan fingerprint density at radius 3 is 2.43 bits per heavy atom. The summed E-state index contributed by atoms with van der Waals surface area (Å²) in [7, 11) is 0. The molecule has 4 saturated carbocycles. The summed E-state index contributed by atoms with van der Waals surface area (Å²) in [4.78, 5) is 12.2. The average Bonchev–Trinajstić information content (AvgIpc) is 2.81. The predicted molar refractivity (Wildman–Crippen MR) is 80.6 cm³/mol. The van der Waals surface area contributed by atoms with Crippen LogP contribution in [0.1, 0.15) is 44.2 Å². The Morgan fingerprint density at radius 1 is 1.29 bits per heavy atom. The summed E-state index contributed by atoms with van der Waals surface area (Å²) in [5.41, 5.74) is 1.46. The molecular weight excluding hydrogens is 262 g/mol. The lowest BCUT2D eigenvalue weighted by atomic mass is 9.49. The predicted octanol–water partition coefficient (Wildman–Crippen LogP) is 2.52. The lowest BCUT2D eigenvalue weighted by Crippen LogP contribution is -2.51. The number of hydrogen-bond donors (Lipinski definition) is 1. The SMILES string of the molecule is Cc1ccnn1CC(=O)NCC12CC3CC(CC(C3)C1)C2. The van der Waals surface area contributed by atoms with Gasteiger partial charge in [-0.3, -0.25) is 9.48 Å². The van der Waals surface area contributed by atoms with Crippen LogP contribution in [0.3, 0.4) is 0 Å². The summed E-state index contributed by atoms with van der Waals surface area (Å²) in [5, 5.41) is 7.39. The summed E-state index contributed by atoms with van der Waals surface area (Å²) in [6.07, 6.45) is 10.2. The topological polar surface area (TPSA) is 46.9 Å². The van der Waals surface area contributed by atoms with Crippen molar-refractivity contribution in [3.05, 3.63) is 18.0 Å². The first-order chi connectivity index (χ1) is 10.1. The zero-order chi connectivity index (χ0) is 14.4. The zero-order valence-corrected chi connectivity index (χ0v) is 12.8. The fourth-order valence-corrected chi connectivity index (χ4v) is 5.55. The average molecular weight is 287 g/mol. The van der Waals surface area contributed by atoms with Crippen molar-refractivity contribution in [2.75, 3.05) is 6.54 Å². The number of aryl methyl sites for hydroxylation is 1. The molecule has 0 spiro atoms. The van der Waals surface area contributed by atoms with Crippen molar-refractivity contribution >= 4 is 5.91 Å². The van der Waals surface area contributed by atoms with E-state index in [0.717, 1.165) is 30.0 Å². The number of aromatic nitrogens is 2. The van der Waals surface area contributed by atoms with Gasteiger partial charge in [-0.15, -0.1) is 0 Å². The van der Waals surface area contributed by atoms with Crippen molar-refractivity contribution in [2.45, 2.75) is 52.0 Å². The molecular formula is C17H25N3O. The Balaban J connectivity index is 1.36. The molecule has 114 valence electrons. The molecule has 4 bridgehead atoms. The van der Waals surface area contributed by atoms with Gasteiger partial charge in [0.15, 0.2) is 0 Å². The number of rotatable bonds is 4. The lowest BCUT2D eigenvalue weighted by molar-refractivity contribution is -0.124. The molecule has 0 aliphatic heterocycles. The van der Waals surface area contributed by atoms with Gasteiger partial charge in [-0.2, -0.15) is 5.10 Å². The molecule has 0 unspecified atom stereocenters. The first kappa shape index (κ1) is 13.4. The Hall–Kier alpha value is -1.32. The quantitative estimate of drug-likeness (QED) is 0.925. The molecule has 4 nitrogen and oxygen atoms in total. The molecule has 0 atom stereocenters. The second-order valence-electron chi connectivity index (χ2n) is 7.82. The van der Waals surface area contributed by atoms with Gasteiger partial charge >= 0.3 is 0 Å². The van der Waals surface area contributed by atoms with Crippen molar-refractivity contribution < 1.29 is 4.79 Å². The van der Waals surface area contributed by atoms with E-state index in [9.17, 15) is 4.79 Å². The van der Waals surface area contributed by atoms with Gasteiger partial charge in [-0.25, -0.2) is 0 Å². The van der Waals surface area contributed by atoms with Crippen LogP contribution in [0.2, 0.25) is 0 Å². The molecule has 4 aliphatic carbocycles. The van der Waals surface area contributed by atoms with E-state index >= 15 is 0 Å². The van der Waals surface area contributed by atoms with Crippen LogP contribution in [0.25, 0.3) is 0 Å². The maximum atomic E-state index is 12.2. The Morgan fingerprint density at radius 2 is 1.90 bits per heavy atom. The van der Waals surface area contributed by atoms with Gasteiger partial charge in [0, 0.05) is 18.4 Å². The van der Waals surface area contributed by atoms with Crippen LogP contribution in [0.15, 0.2) is 12.3 Å². The van der Waals surface area contributed by atoms with Crippen LogP contribution < -0.4 is 5.32 Å². The van der Waals surface area contributed by atoms with Crippen LogP contribution in [0.4, 0.5) is 0 Å². The van der Waals surface area contributed by atoms with Crippen LogP contribution >= 0.6 is 0 Å². The third-order valence-corrected chi connectivity index (χ3v) is 6.05. The fraction of sp³-hybridized carbons (Fsp3) is 0.765. The van der Waals surface area contributed by atoms with Crippen molar-refractivity contribution in [1.29, 1.82) is 0 Å². The minimum absolute atomic E-state index is 0.109. The van der Waals surface area contributed by atoms with Gasteiger partial charge in [-0.05, 0) is 74.7 Å². The molecule has 0 radical (unpaired) electrons.